The lowest BCUT2D eigenvalue weighted by Gasteiger charge is -2.31. The average molecular weight is 238 g/mol. The Labute approximate surface area is 103 Å². The summed E-state index contributed by atoms with van der Waals surface area (Å²) in [5, 5.41) is 0. The SMILES string of the molecule is CCN(c1cc(N)nc(N)n1)C(C)CN(C)C. The fourth-order valence-corrected chi connectivity index (χ4v) is 1.95. The Morgan fingerprint density at radius 3 is 2.41 bits per heavy atom. The zero-order valence-electron chi connectivity index (χ0n) is 11.0. The average Bonchev–Trinajstić information content (AvgIpc) is 2.15. The van der Waals surface area contributed by atoms with Gasteiger partial charge in [0.25, 0.3) is 0 Å². The first kappa shape index (κ1) is 13.5. The molecule has 1 unspecified atom stereocenters. The molecule has 1 aromatic rings. The van der Waals surface area contributed by atoms with Crippen molar-refractivity contribution < 1.29 is 0 Å². The maximum absolute atomic E-state index is 5.69. The van der Waals surface area contributed by atoms with Crippen molar-refractivity contribution in [3.05, 3.63) is 6.07 Å². The molecule has 4 N–H and O–H groups in total. The van der Waals surface area contributed by atoms with Gasteiger partial charge in [-0.1, -0.05) is 0 Å². The van der Waals surface area contributed by atoms with Crippen molar-refractivity contribution in [2.45, 2.75) is 19.9 Å². The van der Waals surface area contributed by atoms with Gasteiger partial charge in [-0.2, -0.15) is 9.97 Å². The van der Waals surface area contributed by atoms with E-state index in [9.17, 15) is 0 Å². The molecular weight excluding hydrogens is 216 g/mol. The third-order valence-electron chi connectivity index (χ3n) is 2.55. The quantitative estimate of drug-likeness (QED) is 0.773. The molecule has 1 aromatic heterocycles. The molecule has 0 aliphatic rings. The molecule has 17 heavy (non-hydrogen) atoms. The minimum atomic E-state index is 0.218. The van der Waals surface area contributed by atoms with Crippen LogP contribution in [0.2, 0.25) is 0 Å². The topological polar surface area (TPSA) is 84.3 Å². The molecule has 0 bridgehead atoms. The molecule has 1 atom stereocenters. The van der Waals surface area contributed by atoms with Crippen LogP contribution in [0.4, 0.5) is 17.6 Å². The van der Waals surface area contributed by atoms with E-state index in [0.29, 0.717) is 11.9 Å². The molecule has 1 rings (SSSR count). The van der Waals surface area contributed by atoms with Crippen LogP contribution in [0.15, 0.2) is 6.07 Å². The van der Waals surface area contributed by atoms with Crippen molar-refractivity contribution in [1.29, 1.82) is 0 Å². The van der Waals surface area contributed by atoms with E-state index in [1.165, 1.54) is 0 Å². The minimum Gasteiger partial charge on any atom is -0.383 e. The first-order chi connectivity index (χ1) is 7.93. The van der Waals surface area contributed by atoms with E-state index in [-0.39, 0.29) is 5.95 Å². The Kier molecular flexibility index (Phi) is 4.51. The van der Waals surface area contributed by atoms with Gasteiger partial charge < -0.3 is 21.3 Å². The van der Waals surface area contributed by atoms with Crippen LogP contribution >= 0.6 is 0 Å². The van der Waals surface area contributed by atoms with E-state index < -0.39 is 0 Å². The largest absolute Gasteiger partial charge is 0.383 e. The number of anilines is 3. The summed E-state index contributed by atoms with van der Waals surface area (Å²) in [5.74, 6) is 1.41. The third-order valence-corrected chi connectivity index (χ3v) is 2.55. The number of aromatic nitrogens is 2. The lowest BCUT2D eigenvalue weighted by molar-refractivity contribution is 0.372. The Hall–Kier alpha value is -1.56. The number of nitrogens with zero attached hydrogens (tertiary/aromatic N) is 4. The first-order valence-electron chi connectivity index (χ1n) is 5.75. The van der Waals surface area contributed by atoms with Gasteiger partial charge in [0.1, 0.15) is 11.6 Å². The van der Waals surface area contributed by atoms with Crippen LogP contribution in [0.5, 0.6) is 0 Å². The molecule has 0 spiro atoms. The van der Waals surface area contributed by atoms with Gasteiger partial charge in [0.05, 0.1) is 0 Å². The van der Waals surface area contributed by atoms with E-state index in [1.54, 1.807) is 6.07 Å². The van der Waals surface area contributed by atoms with Gasteiger partial charge in [0, 0.05) is 25.2 Å². The maximum Gasteiger partial charge on any atom is 0.223 e. The van der Waals surface area contributed by atoms with Crippen LogP contribution < -0.4 is 16.4 Å². The number of hydrogen-bond acceptors (Lipinski definition) is 6. The zero-order valence-corrected chi connectivity index (χ0v) is 11.0. The number of hydrogen-bond donors (Lipinski definition) is 2. The van der Waals surface area contributed by atoms with Crippen LogP contribution in [-0.2, 0) is 0 Å². The first-order valence-corrected chi connectivity index (χ1v) is 5.75. The second kappa shape index (κ2) is 5.67. The summed E-state index contributed by atoms with van der Waals surface area (Å²) >= 11 is 0. The third kappa shape index (κ3) is 3.74. The van der Waals surface area contributed by atoms with Crippen molar-refractivity contribution in [3.63, 3.8) is 0 Å². The smallest absolute Gasteiger partial charge is 0.223 e. The minimum absolute atomic E-state index is 0.218. The summed E-state index contributed by atoms with van der Waals surface area (Å²) in [7, 11) is 4.10. The molecule has 6 heteroatoms. The fourth-order valence-electron chi connectivity index (χ4n) is 1.95. The molecule has 0 aliphatic heterocycles. The van der Waals surface area contributed by atoms with E-state index in [1.807, 2.05) is 14.1 Å². The highest BCUT2D eigenvalue weighted by molar-refractivity contribution is 5.50. The maximum atomic E-state index is 5.69. The Bertz CT molecular complexity index is 345. The van der Waals surface area contributed by atoms with Gasteiger partial charge in [-0.25, -0.2) is 0 Å². The van der Waals surface area contributed by atoms with Gasteiger partial charge in [-0.05, 0) is 27.9 Å². The summed E-state index contributed by atoms with van der Waals surface area (Å²) in [6.07, 6.45) is 0. The predicted molar refractivity (Wildman–Crippen MR) is 71.9 cm³/mol. The molecule has 1 heterocycles. The standard InChI is InChI=1S/C11H22N6/c1-5-17(8(2)7-16(3)4)10-6-9(12)14-11(13)15-10/h6,8H,5,7H2,1-4H3,(H4,12,13,14,15). The van der Waals surface area contributed by atoms with Gasteiger partial charge >= 0.3 is 0 Å². The number of rotatable bonds is 5. The Morgan fingerprint density at radius 1 is 1.29 bits per heavy atom. The molecule has 6 nitrogen and oxygen atoms in total. The molecule has 0 aliphatic carbocycles. The van der Waals surface area contributed by atoms with E-state index in [2.05, 4.69) is 33.6 Å². The van der Waals surface area contributed by atoms with Crippen molar-refractivity contribution >= 4 is 17.6 Å². The molecule has 0 saturated heterocycles. The summed E-state index contributed by atoms with van der Waals surface area (Å²) in [4.78, 5) is 12.4. The van der Waals surface area contributed by atoms with Crippen molar-refractivity contribution in [2.75, 3.05) is 43.6 Å². The van der Waals surface area contributed by atoms with Crippen LogP contribution in [0.3, 0.4) is 0 Å². The predicted octanol–water partition coefficient (Wildman–Crippen LogP) is 0.417. The van der Waals surface area contributed by atoms with Crippen LogP contribution in [0.25, 0.3) is 0 Å². The monoisotopic (exact) mass is 238 g/mol. The van der Waals surface area contributed by atoms with Crippen LogP contribution in [0, 0.1) is 0 Å². The van der Waals surface area contributed by atoms with Crippen LogP contribution in [0.1, 0.15) is 13.8 Å². The number of nitrogens with two attached hydrogens (primary N) is 2. The summed E-state index contributed by atoms with van der Waals surface area (Å²) < 4.78 is 0. The molecule has 0 radical (unpaired) electrons. The lowest BCUT2D eigenvalue weighted by atomic mass is 10.2. The van der Waals surface area contributed by atoms with Crippen molar-refractivity contribution in [3.8, 4) is 0 Å². The zero-order chi connectivity index (χ0) is 13.0. The molecule has 96 valence electrons. The summed E-state index contributed by atoms with van der Waals surface area (Å²) in [6.45, 7) is 6.03. The molecular formula is C11H22N6. The molecule has 0 amide bonds. The summed E-state index contributed by atoms with van der Waals surface area (Å²) in [5.41, 5.74) is 11.3. The normalized spacial score (nSPS) is 12.8. The van der Waals surface area contributed by atoms with E-state index in [0.717, 1.165) is 18.9 Å². The fraction of sp³-hybridized carbons (Fsp3) is 0.636. The van der Waals surface area contributed by atoms with Gasteiger partial charge in [-0.15, -0.1) is 0 Å². The Balaban J connectivity index is 2.92. The molecule has 0 saturated carbocycles. The van der Waals surface area contributed by atoms with E-state index in [4.69, 9.17) is 11.5 Å². The molecule has 0 fully saturated rings. The van der Waals surface area contributed by atoms with Gasteiger partial charge in [0.2, 0.25) is 5.95 Å². The highest BCUT2D eigenvalue weighted by Crippen LogP contribution is 2.17. The summed E-state index contributed by atoms with van der Waals surface area (Å²) in [6, 6.07) is 2.09. The number of likely N-dealkylation sites (N-methyl/N-ethyl adjacent to an activating group) is 2. The second-order valence-electron chi connectivity index (χ2n) is 4.41. The second-order valence-corrected chi connectivity index (χ2v) is 4.41. The molecule has 0 aromatic carbocycles. The Morgan fingerprint density at radius 2 is 1.94 bits per heavy atom. The lowest BCUT2D eigenvalue weighted by Crippen LogP contribution is -2.40. The van der Waals surface area contributed by atoms with Crippen LogP contribution in [-0.4, -0.2) is 48.1 Å². The van der Waals surface area contributed by atoms with E-state index >= 15 is 0 Å². The van der Waals surface area contributed by atoms with Crippen molar-refractivity contribution in [2.24, 2.45) is 0 Å². The highest BCUT2D eigenvalue weighted by Gasteiger charge is 2.15. The van der Waals surface area contributed by atoms with Gasteiger partial charge in [0.15, 0.2) is 0 Å². The van der Waals surface area contributed by atoms with Crippen molar-refractivity contribution in [1.82, 2.24) is 14.9 Å². The van der Waals surface area contributed by atoms with Gasteiger partial charge in [-0.3, -0.25) is 0 Å². The number of nitrogen functional groups attached to an aromatic ring is 2. The highest BCUT2D eigenvalue weighted by atomic mass is 15.3.